The van der Waals surface area contributed by atoms with Gasteiger partial charge in [-0.1, -0.05) is 18.0 Å². The summed E-state index contributed by atoms with van der Waals surface area (Å²) in [5.74, 6) is -0.353. The first-order chi connectivity index (χ1) is 12.5. The largest absolute Gasteiger partial charge is 0.452 e. The molecule has 1 aliphatic rings. The zero-order chi connectivity index (χ0) is 20.2. The molecule has 150 valence electrons. The molecule has 8 nitrogen and oxygen atoms in total. The number of amides is 2. The van der Waals surface area contributed by atoms with Crippen molar-refractivity contribution in [2.24, 2.45) is 5.41 Å². The van der Waals surface area contributed by atoms with Gasteiger partial charge in [-0.2, -0.15) is 0 Å². The standard InChI is InChI=1S/C19H29N3O5/c1-12-10-14(22-27-12)20-16(24)13(2)26-17(25)19(8-6-7-9-19)11-15(23)21-18(3,4)5/h10,13H,6-9,11H2,1-5H3,(H,21,23)(H,20,22,24). The first-order valence-corrected chi connectivity index (χ1v) is 9.27. The normalized spacial score (nSPS) is 17.2. The molecule has 2 amide bonds. The van der Waals surface area contributed by atoms with Gasteiger partial charge in [-0.15, -0.1) is 0 Å². The third-order valence-corrected chi connectivity index (χ3v) is 4.54. The molecule has 0 aliphatic heterocycles. The van der Waals surface area contributed by atoms with Gasteiger partial charge in [0.25, 0.3) is 5.91 Å². The Kier molecular flexibility index (Phi) is 6.28. The Morgan fingerprint density at radius 3 is 2.44 bits per heavy atom. The van der Waals surface area contributed by atoms with Crippen LogP contribution in [0.5, 0.6) is 0 Å². The van der Waals surface area contributed by atoms with Gasteiger partial charge >= 0.3 is 5.97 Å². The Bertz CT molecular complexity index is 698. The van der Waals surface area contributed by atoms with Crippen molar-refractivity contribution in [2.45, 2.75) is 78.4 Å². The fraction of sp³-hybridized carbons (Fsp3) is 0.684. The molecular formula is C19H29N3O5. The van der Waals surface area contributed by atoms with Gasteiger partial charge in [-0.25, -0.2) is 0 Å². The van der Waals surface area contributed by atoms with E-state index in [1.54, 1.807) is 13.0 Å². The van der Waals surface area contributed by atoms with Crippen molar-refractivity contribution >= 4 is 23.6 Å². The number of rotatable bonds is 6. The van der Waals surface area contributed by atoms with Gasteiger partial charge in [0.2, 0.25) is 5.91 Å². The van der Waals surface area contributed by atoms with E-state index in [2.05, 4.69) is 15.8 Å². The molecular weight excluding hydrogens is 350 g/mol. The van der Waals surface area contributed by atoms with Gasteiger partial charge in [0.15, 0.2) is 11.9 Å². The minimum absolute atomic E-state index is 0.0694. The Labute approximate surface area is 159 Å². The summed E-state index contributed by atoms with van der Waals surface area (Å²) in [4.78, 5) is 37.4. The number of carbonyl (C=O) groups is 3. The topological polar surface area (TPSA) is 111 Å². The summed E-state index contributed by atoms with van der Waals surface area (Å²) in [6.45, 7) is 8.88. The zero-order valence-electron chi connectivity index (χ0n) is 16.7. The SMILES string of the molecule is Cc1cc(NC(=O)C(C)OC(=O)C2(CC(=O)NC(C)(C)C)CCCC2)no1. The molecule has 1 atom stereocenters. The summed E-state index contributed by atoms with van der Waals surface area (Å²) >= 11 is 0. The predicted molar refractivity (Wildman–Crippen MR) is 98.8 cm³/mol. The molecule has 0 radical (unpaired) electrons. The second kappa shape index (κ2) is 8.10. The van der Waals surface area contributed by atoms with Gasteiger partial charge in [0, 0.05) is 18.0 Å². The molecule has 1 aromatic rings. The van der Waals surface area contributed by atoms with Crippen molar-refractivity contribution in [3.8, 4) is 0 Å². The first kappa shape index (κ1) is 20.9. The lowest BCUT2D eigenvalue weighted by Gasteiger charge is -2.29. The van der Waals surface area contributed by atoms with Crippen molar-refractivity contribution in [3.63, 3.8) is 0 Å². The number of aryl methyl sites for hydroxylation is 1. The van der Waals surface area contributed by atoms with Gasteiger partial charge in [0.1, 0.15) is 5.76 Å². The van der Waals surface area contributed by atoms with Crippen LogP contribution in [-0.4, -0.2) is 34.6 Å². The second-order valence-corrected chi connectivity index (χ2v) is 8.32. The lowest BCUT2D eigenvalue weighted by molar-refractivity contribution is -0.165. The van der Waals surface area contributed by atoms with Gasteiger partial charge in [-0.05, 0) is 47.5 Å². The number of nitrogens with zero attached hydrogens (tertiary/aromatic N) is 1. The van der Waals surface area contributed by atoms with Crippen LogP contribution in [0.1, 0.15) is 65.6 Å². The molecule has 8 heteroatoms. The molecule has 2 rings (SSSR count). The molecule has 1 saturated carbocycles. The first-order valence-electron chi connectivity index (χ1n) is 9.27. The highest BCUT2D eigenvalue weighted by Crippen LogP contribution is 2.42. The van der Waals surface area contributed by atoms with Gasteiger partial charge in [0.05, 0.1) is 5.41 Å². The summed E-state index contributed by atoms with van der Waals surface area (Å²) in [5.41, 5.74) is -1.24. The molecule has 0 bridgehead atoms. The van der Waals surface area contributed by atoms with Crippen LogP contribution in [0, 0.1) is 12.3 Å². The van der Waals surface area contributed by atoms with E-state index in [4.69, 9.17) is 9.26 Å². The van der Waals surface area contributed by atoms with E-state index in [9.17, 15) is 14.4 Å². The number of hydrogen-bond donors (Lipinski definition) is 2. The van der Waals surface area contributed by atoms with Crippen LogP contribution >= 0.6 is 0 Å². The number of aromatic nitrogens is 1. The quantitative estimate of drug-likeness (QED) is 0.735. The average Bonchev–Trinajstić information content (AvgIpc) is 3.15. The summed E-state index contributed by atoms with van der Waals surface area (Å²) in [6, 6.07) is 1.57. The van der Waals surface area contributed by atoms with E-state index in [1.807, 2.05) is 20.8 Å². The van der Waals surface area contributed by atoms with Crippen LogP contribution in [0.3, 0.4) is 0 Å². The molecule has 1 fully saturated rings. The van der Waals surface area contributed by atoms with Crippen molar-refractivity contribution in [2.75, 3.05) is 5.32 Å². The van der Waals surface area contributed by atoms with Crippen molar-refractivity contribution in [1.29, 1.82) is 0 Å². The Morgan fingerprint density at radius 1 is 1.30 bits per heavy atom. The molecule has 1 unspecified atom stereocenters. The number of hydrogen-bond acceptors (Lipinski definition) is 6. The van der Waals surface area contributed by atoms with Crippen LogP contribution in [0.15, 0.2) is 10.6 Å². The summed E-state index contributed by atoms with van der Waals surface area (Å²) in [5, 5.41) is 9.12. The predicted octanol–water partition coefficient (Wildman–Crippen LogP) is 2.72. The van der Waals surface area contributed by atoms with E-state index in [1.165, 1.54) is 6.92 Å². The minimum atomic E-state index is -1.00. The number of carbonyl (C=O) groups excluding carboxylic acids is 3. The lowest BCUT2D eigenvalue weighted by atomic mass is 9.82. The summed E-state index contributed by atoms with van der Waals surface area (Å²) < 4.78 is 10.3. The summed E-state index contributed by atoms with van der Waals surface area (Å²) in [6.07, 6.45) is 1.95. The zero-order valence-corrected chi connectivity index (χ0v) is 16.7. The Balaban J connectivity index is 1.99. The van der Waals surface area contributed by atoms with Crippen molar-refractivity contribution in [3.05, 3.63) is 11.8 Å². The maximum atomic E-state index is 12.8. The van der Waals surface area contributed by atoms with E-state index in [0.717, 1.165) is 12.8 Å². The molecule has 27 heavy (non-hydrogen) atoms. The van der Waals surface area contributed by atoms with Crippen LogP contribution in [0.4, 0.5) is 5.82 Å². The van der Waals surface area contributed by atoms with Crippen LogP contribution in [0.2, 0.25) is 0 Å². The Hall–Kier alpha value is -2.38. The molecule has 1 heterocycles. The highest BCUT2D eigenvalue weighted by molar-refractivity contribution is 5.95. The van der Waals surface area contributed by atoms with Crippen LogP contribution in [0.25, 0.3) is 0 Å². The molecule has 1 aromatic heterocycles. The smallest absolute Gasteiger partial charge is 0.313 e. The highest BCUT2D eigenvalue weighted by atomic mass is 16.5. The Morgan fingerprint density at radius 2 is 1.93 bits per heavy atom. The molecule has 0 aromatic carbocycles. The second-order valence-electron chi connectivity index (χ2n) is 8.32. The molecule has 2 N–H and O–H groups in total. The average molecular weight is 379 g/mol. The molecule has 1 aliphatic carbocycles. The van der Waals surface area contributed by atoms with Crippen molar-refractivity contribution < 1.29 is 23.6 Å². The molecule has 0 saturated heterocycles. The van der Waals surface area contributed by atoms with Crippen LogP contribution < -0.4 is 10.6 Å². The van der Waals surface area contributed by atoms with Crippen LogP contribution in [-0.2, 0) is 19.1 Å². The maximum Gasteiger partial charge on any atom is 0.313 e. The monoisotopic (exact) mass is 379 g/mol. The number of anilines is 1. The minimum Gasteiger partial charge on any atom is -0.452 e. The third kappa shape index (κ3) is 5.80. The number of nitrogens with one attached hydrogen (secondary N) is 2. The fourth-order valence-corrected chi connectivity index (χ4v) is 3.27. The number of esters is 1. The van der Waals surface area contributed by atoms with E-state index >= 15 is 0 Å². The van der Waals surface area contributed by atoms with Gasteiger partial charge in [-0.3, -0.25) is 14.4 Å². The summed E-state index contributed by atoms with van der Waals surface area (Å²) in [7, 11) is 0. The van der Waals surface area contributed by atoms with Gasteiger partial charge < -0.3 is 19.9 Å². The van der Waals surface area contributed by atoms with Crippen molar-refractivity contribution in [1.82, 2.24) is 10.5 Å². The van der Waals surface area contributed by atoms with E-state index < -0.39 is 23.4 Å². The lowest BCUT2D eigenvalue weighted by Crippen LogP contribution is -2.45. The van der Waals surface area contributed by atoms with E-state index in [0.29, 0.717) is 18.6 Å². The fourth-order valence-electron chi connectivity index (χ4n) is 3.27. The maximum absolute atomic E-state index is 12.8. The molecule has 0 spiro atoms. The van der Waals surface area contributed by atoms with E-state index in [-0.39, 0.29) is 23.7 Å². The third-order valence-electron chi connectivity index (χ3n) is 4.54. The number of ether oxygens (including phenoxy) is 1. The highest BCUT2D eigenvalue weighted by Gasteiger charge is 2.45.